The van der Waals surface area contributed by atoms with Crippen molar-refractivity contribution in [3.05, 3.63) is 85.2 Å². The molecule has 3 aromatic rings. The van der Waals surface area contributed by atoms with Crippen LogP contribution in [0.25, 0.3) is 5.69 Å². The van der Waals surface area contributed by atoms with Crippen molar-refractivity contribution in [1.82, 2.24) is 24.3 Å². The number of hydrogen-bond acceptors (Lipinski definition) is 7. The minimum absolute atomic E-state index is 0.0699. The first-order valence-corrected chi connectivity index (χ1v) is 16.9. The second-order valence-electron chi connectivity index (χ2n) is 11.6. The number of imide groups is 1. The molecule has 16 heteroatoms. The maximum Gasteiger partial charge on any atom is 0.417 e. The fourth-order valence-electron chi connectivity index (χ4n) is 5.95. The largest absolute Gasteiger partial charge is 0.465 e. The molecule has 0 aliphatic carbocycles. The summed E-state index contributed by atoms with van der Waals surface area (Å²) in [6.07, 6.45) is -3.21. The van der Waals surface area contributed by atoms with E-state index >= 15 is 0 Å². The summed E-state index contributed by atoms with van der Waals surface area (Å²) >= 11 is 4.08. The molecule has 1 aromatic heterocycles. The third-order valence-corrected chi connectivity index (χ3v) is 10.00. The molecule has 1 N–H and O–H groups in total. The molecule has 1 saturated heterocycles. The average molecular weight is 751 g/mol. The Morgan fingerprint density at radius 3 is 2.25 bits per heavy atom. The molecule has 1 unspecified atom stereocenters. The van der Waals surface area contributed by atoms with Crippen LogP contribution in [0, 0.1) is 5.92 Å². The van der Waals surface area contributed by atoms with Crippen LogP contribution in [0.5, 0.6) is 0 Å². The molecule has 0 spiro atoms. The van der Waals surface area contributed by atoms with Crippen LogP contribution in [0.3, 0.4) is 0 Å². The van der Waals surface area contributed by atoms with Crippen LogP contribution in [0.2, 0.25) is 0 Å². The molecule has 1 atom stereocenters. The molecule has 48 heavy (non-hydrogen) atoms. The fourth-order valence-corrected chi connectivity index (χ4v) is 7.00. The van der Waals surface area contributed by atoms with Crippen LogP contribution in [-0.4, -0.2) is 85.6 Å². The monoisotopic (exact) mass is 749 g/mol. The van der Waals surface area contributed by atoms with Crippen LogP contribution in [0.4, 0.5) is 18.0 Å². The number of likely N-dealkylation sites (tertiary alicyclic amines) is 1. The molecule has 1 fully saturated rings. The molecule has 2 aliphatic heterocycles. The number of carboxylic acid groups (broad SMARTS) is 1. The highest BCUT2D eigenvalue weighted by atomic mass is 79.9. The highest BCUT2D eigenvalue weighted by molar-refractivity contribution is 9.10. The van der Waals surface area contributed by atoms with E-state index in [4.69, 9.17) is 5.11 Å². The average Bonchev–Trinajstić information content (AvgIpc) is 3.06. The lowest BCUT2D eigenvalue weighted by molar-refractivity contribution is -0.138. The molecular formula is C32H31BrF3N5O6S. The summed E-state index contributed by atoms with van der Waals surface area (Å²) in [4.78, 5) is 72.9. The predicted octanol–water partition coefficient (Wildman–Crippen LogP) is 5.31. The van der Waals surface area contributed by atoms with Crippen molar-refractivity contribution in [2.75, 3.05) is 26.4 Å². The fraction of sp³-hybridized carbons (Fsp3) is 0.375. The SMILES string of the molecule is CSc1nc2c(c(=O)n1-c1ccc(C(=O)N(C)C(=O)C3CCN(C(=O)O)CC3)cc1)CC(C)N(C(=O)c1ccc(Br)c(C(F)(F)F)c1)C2. The summed E-state index contributed by atoms with van der Waals surface area (Å²) in [6.45, 7) is 2.07. The van der Waals surface area contributed by atoms with E-state index in [2.05, 4.69) is 20.9 Å². The zero-order chi connectivity index (χ0) is 35.1. The molecule has 0 bridgehead atoms. The number of amides is 4. The molecule has 5 rings (SSSR count). The summed E-state index contributed by atoms with van der Waals surface area (Å²) in [7, 11) is 1.38. The van der Waals surface area contributed by atoms with Crippen molar-refractivity contribution >= 4 is 51.5 Å². The second kappa shape index (κ2) is 13.7. The van der Waals surface area contributed by atoms with E-state index in [-0.39, 0.29) is 47.2 Å². The van der Waals surface area contributed by atoms with E-state index in [0.717, 1.165) is 11.0 Å². The number of piperidine rings is 1. The summed E-state index contributed by atoms with van der Waals surface area (Å²) in [5, 5.41) is 9.45. The number of carbonyl (C=O) groups excluding carboxylic acids is 3. The number of alkyl halides is 3. The maximum absolute atomic E-state index is 13.9. The van der Waals surface area contributed by atoms with Crippen molar-refractivity contribution in [1.29, 1.82) is 0 Å². The number of thioether (sulfide) groups is 1. The van der Waals surface area contributed by atoms with Gasteiger partial charge in [0.1, 0.15) is 0 Å². The smallest absolute Gasteiger partial charge is 0.417 e. The van der Waals surface area contributed by atoms with Gasteiger partial charge in [0.15, 0.2) is 5.16 Å². The van der Waals surface area contributed by atoms with Crippen LogP contribution in [0.1, 0.15) is 57.3 Å². The minimum atomic E-state index is -4.66. The predicted molar refractivity (Wildman–Crippen MR) is 173 cm³/mol. The third kappa shape index (κ3) is 6.86. The van der Waals surface area contributed by atoms with Crippen LogP contribution >= 0.6 is 27.7 Å². The van der Waals surface area contributed by atoms with E-state index < -0.39 is 47.5 Å². The summed E-state index contributed by atoms with van der Waals surface area (Å²) in [5.74, 6) is -2.02. The van der Waals surface area contributed by atoms with Crippen LogP contribution in [0.15, 0.2) is 56.9 Å². The lowest BCUT2D eigenvalue weighted by Crippen LogP contribution is -2.46. The number of aromatic nitrogens is 2. The zero-order valence-corrected chi connectivity index (χ0v) is 28.5. The Morgan fingerprint density at radius 2 is 1.67 bits per heavy atom. The standard InChI is InChI=1S/C32H31BrF3N5O6S/c1-17-14-22-25(16-40(17)28(44)20-6-9-24(33)23(15-20)32(34,35)36)37-30(48-3)41(29(22)45)21-7-4-18(5-8-21)26(42)38(2)27(43)19-10-12-39(13-11-19)31(46)47/h4-9,15,17,19H,10-14,16H2,1-3H3,(H,46,47). The van der Waals surface area contributed by atoms with Crippen molar-refractivity contribution < 1.29 is 37.5 Å². The Kier molecular flexibility index (Phi) is 10.1. The van der Waals surface area contributed by atoms with Gasteiger partial charge < -0.3 is 14.9 Å². The van der Waals surface area contributed by atoms with E-state index in [1.807, 2.05) is 0 Å². The highest BCUT2D eigenvalue weighted by Gasteiger charge is 2.36. The Hall–Kier alpha value is -4.18. The molecule has 254 valence electrons. The number of hydrogen-bond donors (Lipinski definition) is 1. The highest BCUT2D eigenvalue weighted by Crippen LogP contribution is 2.36. The first-order chi connectivity index (χ1) is 22.6. The Morgan fingerprint density at radius 1 is 1.04 bits per heavy atom. The summed E-state index contributed by atoms with van der Waals surface area (Å²) in [6, 6.07) is 8.93. The number of fused-ring (bicyclic) bond motifs is 1. The van der Waals surface area contributed by atoms with E-state index in [0.29, 0.717) is 34.9 Å². The number of nitrogens with zero attached hydrogens (tertiary/aromatic N) is 5. The first kappa shape index (κ1) is 35.1. The van der Waals surface area contributed by atoms with E-state index in [9.17, 15) is 37.1 Å². The van der Waals surface area contributed by atoms with Gasteiger partial charge in [-0.2, -0.15) is 13.2 Å². The molecule has 0 radical (unpaired) electrons. The van der Waals surface area contributed by atoms with Gasteiger partial charge in [-0.05, 0) is 74.9 Å². The lowest BCUT2D eigenvalue weighted by atomic mass is 9.95. The van der Waals surface area contributed by atoms with Gasteiger partial charge in [0.2, 0.25) is 5.91 Å². The van der Waals surface area contributed by atoms with Gasteiger partial charge >= 0.3 is 12.3 Å². The molecule has 3 heterocycles. The van der Waals surface area contributed by atoms with E-state index in [1.165, 1.54) is 57.4 Å². The van der Waals surface area contributed by atoms with E-state index in [1.54, 1.807) is 25.3 Å². The third-order valence-electron chi connectivity index (χ3n) is 8.67. The van der Waals surface area contributed by atoms with Gasteiger partial charge in [-0.1, -0.05) is 27.7 Å². The second-order valence-corrected chi connectivity index (χ2v) is 13.3. The Labute approximate surface area is 285 Å². The van der Waals surface area contributed by atoms with Gasteiger partial charge in [0, 0.05) is 53.3 Å². The molecule has 2 aromatic carbocycles. The maximum atomic E-state index is 13.9. The molecular weight excluding hydrogens is 719 g/mol. The van der Waals surface area contributed by atoms with Gasteiger partial charge in [0.25, 0.3) is 17.4 Å². The number of benzene rings is 2. The van der Waals surface area contributed by atoms with Crippen molar-refractivity contribution in [2.24, 2.45) is 5.92 Å². The van der Waals surface area contributed by atoms with Crippen molar-refractivity contribution in [2.45, 2.75) is 50.1 Å². The first-order valence-electron chi connectivity index (χ1n) is 14.9. The van der Waals surface area contributed by atoms with Crippen LogP contribution in [-0.2, 0) is 23.9 Å². The van der Waals surface area contributed by atoms with Crippen molar-refractivity contribution in [3.8, 4) is 5.69 Å². The van der Waals surface area contributed by atoms with Gasteiger partial charge in [-0.25, -0.2) is 9.78 Å². The quantitative estimate of drug-likeness (QED) is 0.211. The lowest BCUT2D eigenvalue weighted by Gasteiger charge is -2.34. The zero-order valence-electron chi connectivity index (χ0n) is 26.1. The summed E-state index contributed by atoms with van der Waals surface area (Å²) in [5.41, 5.74) is -0.112. The Balaban J connectivity index is 1.36. The summed E-state index contributed by atoms with van der Waals surface area (Å²) < 4.78 is 41.7. The number of rotatable bonds is 5. The molecule has 11 nitrogen and oxygen atoms in total. The minimum Gasteiger partial charge on any atom is -0.465 e. The Bertz CT molecular complexity index is 1840. The van der Waals surface area contributed by atoms with Crippen LogP contribution < -0.4 is 5.56 Å². The van der Waals surface area contributed by atoms with Gasteiger partial charge in [0.05, 0.1) is 23.5 Å². The topological polar surface area (TPSA) is 133 Å². The number of halogens is 4. The van der Waals surface area contributed by atoms with Gasteiger partial charge in [-0.3, -0.25) is 28.6 Å². The molecule has 4 amide bonds. The number of carbonyl (C=O) groups is 4. The van der Waals surface area contributed by atoms with Crippen molar-refractivity contribution in [3.63, 3.8) is 0 Å². The van der Waals surface area contributed by atoms with Gasteiger partial charge in [-0.15, -0.1) is 0 Å². The molecule has 2 aliphatic rings. The molecule has 0 saturated carbocycles. The normalized spacial score (nSPS) is 16.8.